The summed E-state index contributed by atoms with van der Waals surface area (Å²) < 4.78 is 5.62. The first-order valence-electron chi connectivity index (χ1n) is 8.63. The molecule has 0 saturated carbocycles. The van der Waals surface area contributed by atoms with Gasteiger partial charge in [-0.15, -0.1) is 0 Å². The van der Waals surface area contributed by atoms with Crippen LogP contribution in [0.15, 0.2) is 24.3 Å². The topological polar surface area (TPSA) is 99.2 Å². The van der Waals surface area contributed by atoms with Crippen molar-refractivity contribution in [2.45, 2.75) is 19.1 Å². The van der Waals surface area contributed by atoms with Crippen LogP contribution in [-0.4, -0.2) is 84.7 Å². The Morgan fingerprint density at radius 1 is 1.37 bits per heavy atom. The van der Waals surface area contributed by atoms with Crippen LogP contribution in [0.1, 0.15) is 17.3 Å². The second-order valence-corrected chi connectivity index (χ2v) is 7.01. The number of hydrogen-bond donors (Lipinski definition) is 2. The van der Waals surface area contributed by atoms with Crippen molar-refractivity contribution in [2.24, 2.45) is 0 Å². The molecule has 2 N–H and O–H groups in total. The first kappa shape index (κ1) is 21.1. The quantitative estimate of drug-likeness (QED) is 0.702. The molecule has 1 aliphatic heterocycles. The van der Waals surface area contributed by atoms with E-state index in [1.54, 1.807) is 48.0 Å². The second kappa shape index (κ2) is 9.68. The van der Waals surface area contributed by atoms with Crippen LogP contribution in [0.25, 0.3) is 0 Å². The fourth-order valence-electron chi connectivity index (χ4n) is 2.89. The Hall–Kier alpha value is -2.16. The van der Waals surface area contributed by atoms with Crippen molar-refractivity contribution < 1.29 is 24.2 Å². The van der Waals surface area contributed by atoms with Gasteiger partial charge in [-0.05, 0) is 38.2 Å². The summed E-state index contributed by atoms with van der Waals surface area (Å²) in [6, 6.07) is 5.73. The summed E-state index contributed by atoms with van der Waals surface area (Å²) in [5.74, 6) is -1.47. The molecule has 1 heterocycles. The number of morpholine rings is 1. The number of ether oxygens (including phenoxy) is 1. The number of carbonyl (C=O) groups excluding carboxylic acids is 2. The van der Waals surface area contributed by atoms with Crippen LogP contribution in [0.5, 0.6) is 0 Å². The molecule has 0 bridgehead atoms. The number of carboxylic acid groups (broad SMARTS) is 1. The monoisotopic (exact) mass is 397 g/mol. The average Bonchev–Trinajstić information content (AvgIpc) is 2.61. The smallest absolute Gasteiger partial charge is 0.317 e. The Labute approximate surface area is 163 Å². The third-order valence-electron chi connectivity index (χ3n) is 4.20. The fraction of sp³-hybridized carbons (Fsp3) is 0.500. The lowest BCUT2D eigenvalue weighted by atomic mass is 10.1. The molecule has 1 aromatic carbocycles. The Bertz CT molecular complexity index is 682. The molecule has 2 unspecified atom stereocenters. The Balaban J connectivity index is 1.88. The van der Waals surface area contributed by atoms with E-state index in [0.717, 1.165) is 0 Å². The Kier molecular flexibility index (Phi) is 7.58. The molecule has 1 saturated heterocycles. The molecule has 0 radical (unpaired) electrons. The standard InChI is InChI=1S/C18H24ClN3O5/c1-12(20-17(25)13-3-5-14(19)6-4-13)18(26)22-7-8-27-15(10-22)9-21(2)11-16(23)24/h3-6,12,15H,7-11H2,1-2H3,(H,20,25)(H,23,24). The zero-order valence-electron chi connectivity index (χ0n) is 15.4. The zero-order valence-corrected chi connectivity index (χ0v) is 16.1. The molecule has 2 amide bonds. The Morgan fingerprint density at radius 3 is 2.67 bits per heavy atom. The van der Waals surface area contributed by atoms with Crippen LogP contribution < -0.4 is 5.32 Å². The highest BCUT2D eigenvalue weighted by molar-refractivity contribution is 6.30. The molecule has 2 rings (SSSR count). The number of hydrogen-bond acceptors (Lipinski definition) is 5. The maximum Gasteiger partial charge on any atom is 0.317 e. The molecular weight excluding hydrogens is 374 g/mol. The lowest BCUT2D eigenvalue weighted by molar-refractivity contribution is -0.143. The van der Waals surface area contributed by atoms with Gasteiger partial charge >= 0.3 is 5.97 Å². The summed E-state index contributed by atoms with van der Waals surface area (Å²) in [4.78, 5) is 38.9. The van der Waals surface area contributed by atoms with Crippen molar-refractivity contribution >= 4 is 29.4 Å². The Morgan fingerprint density at radius 2 is 2.04 bits per heavy atom. The van der Waals surface area contributed by atoms with Crippen LogP contribution in [0.4, 0.5) is 0 Å². The van der Waals surface area contributed by atoms with Gasteiger partial charge in [0.2, 0.25) is 5.91 Å². The van der Waals surface area contributed by atoms with Crippen LogP contribution in [-0.2, 0) is 14.3 Å². The van der Waals surface area contributed by atoms with Gasteiger partial charge < -0.3 is 20.1 Å². The van der Waals surface area contributed by atoms with Crippen molar-refractivity contribution in [1.29, 1.82) is 0 Å². The molecule has 9 heteroatoms. The molecule has 1 fully saturated rings. The van der Waals surface area contributed by atoms with Gasteiger partial charge in [0.1, 0.15) is 6.04 Å². The van der Waals surface area contributed by atoms with E-state index in [9.17, 15) is 14.4 Å². The number of likely N-dealkylation sites (N-methyl/N-ethyl adjacent to an activating group) is 1. The number of halogens is 1. The highest BCUT2D eigenvalue weighted by atomic mass is 35.5. The van der Waals surface area contributed by atoms with Crippen LogP contribution in [0, 0.1) is 0 Å². The highest BCUT2D eigenvalue weighted by Crippen LogP contribution is 2.11. The van der Waals surface area contributed by atoms with E-state index >= 15 is 0 Å². The number of benzene rings is 1. The number of aliphatic carboxylic acids is 1. The summed E-state index contributed by atoms with van der Waals surface area (Å²) in [5.41, 5.74) is 0.425. The van der Waals surface area contributed by atoms with E-state index in [1.807, 2.05) is 0 Å². The number of nitrogens with zero attached hydrogens (tertiary/aromatic N) is 2. The molecule has 0 spiro atoms. The van der Waals surface area contributed by atoms with Gasteiger partial charge in [0.15, 0.2) is 0 Å². The predicted molar refractivity (Wildman–Crippen MR) is 99.8 cm³/mol. The first-order valence-corrected chi connectivity index (χ1v) is 9.01. The van der Waals surface area contributed by atoms with Gasteiger partial charge in [0.05, 0.1) is 19.3 Å². The van der Waals surface area contributed by atoms with E-state index in [2.05, 4.69) is 5.32 Å². The number of carbonyl (C=O) groups is 3. The number of nitrogens with one attached hydrogen (secondary N) is 1. The predicted octanol–water partition coefficient (Wildman–Crippen LogP) is 0.702. The van der Waals surface area contributed by atoms with Gasteiger partial charge in [-0.25, -0.2) is 0 Å². The highest BCUT2D eigenvalue weighted by Gasteiger charge is 2.29. The van der Waals surface area contributed by atoms with Crippen LogP contribution >= 0.6 is 11.6 Å². The third-order valence-corrected chi connectivity index (χ3v) is 4.45. The van der Waals surface area contributed by atoms with Crippen LogP contribution in [0.2, 0.25) is 5.02 Å². The molecule has 2 atom stereocenters. The van der Waals surface area contributed by atoms with E-state index in [1.165, 1.54) is 0 Å². The van der Waals surface area contributed by atoms with Crippen molar-refractivity contribution in [1.82, 2.24) is 15.1 Å². The number of amides is 2. The van der Waals surface area contributed by atoms with Crippen molar-refractivity contribution in [3.8, 4) is 0 Å². The minimum atomic E-state index is -0.917. The van der Waals surface area contributed by atoms with Gasteiger partial charge in [-0.2, -0.15) is 0 Å². The minimum Gasteiger partial charge on any atom is -0.480 e. The first-order chi connectivity index (χ1) is 12.8. The van der Waals surface area contributed by atoms with Crippen LogP contribution in [0.3, 0.4) is 0 Å². The molecule has 8 nitrogen and oxygen atoms in total. The normalized spacial score (nSPS) is 18.2. The molecular formula is C18H24ClN3O5. The van der Waals surface area contributed by atoms with Gasteiger partial charge in [-0.3, -0.25) is 19.3 Å². The summed E-state index contributed by atoms with van der Waals surface area (Å²) in [5, 5.41) is 12.0. The molecule has 0 aliphatic carbocycles. The molecule has 0 aromatic heterocycles. The minimum absolute atomic E-state index is 0.0959. The van der Waals surface area contributed by atoms with Crippen molar-refractivity contribution in [3.63, 3.8) is 0 Å². The van der Waals surface area contributed by atoms with E-state index in [-0.39, 0.29) is 24.5 Å². The number of carboxylic acids is 1. The maximum absolute atomic E-state index is 12.7. The fourth-order valence-corrected chi connectivity index (χ4v) is 3.02. The lowest BCUT2D eigenvalue weighted by Crippen LogP contribution is -2.54. The molecule has 148 valence electrons. The summed E-state index contributed by atoms with van der Waals surface area (Å²) in [6.45, 7) is 3.10. The lowest BCUT2D eigenvalue weighted by Gasteiger charge is -2.35. The summed E-state index contributed by atoms with van der Waals surface area (Å²) in [6.07, 6.45) is -0.272. The molecule has 1 aliphatic rings. The third kappa shape index (κ3) is 6.50. The van der Waals surface area contributed by atoms with Crippen molar-refractivity contribution in [3.05, 3.63) is 34.9 Å². The van der Waals surface area contributed by atoms with E-state index < -0.39 is 12.0 Å². The van der Waals surface area contributed by atoms with Gasteiger partial charge in [0.25, 0.3) is 5.91 Å². The van der Waals surface area contributed by atoms with Crippen molar-refractivity contribution in [2.75, 3.05) is 39.8 Å². The largest absolute Gasteiger partial charge is 0.480 e. The van der Waals surface area contributed by atoms with Gasteiger partial charge in [0, 0.05) is 30.2 Å². The van der Waals surface area contributed by atoms with Gasteiger partial charge in [-0.1, -0.05) is 11.6 Å². The molecule has 27 heavy (non-hydrogen) atoms. The van der Waals surface area contributed by atoms with E-state index in [0.29, 0.717) is 36.8 Å². The second-order valence-electron chi connectivity index (χ2n) is 6.57. The average molecular weight is 398 g/mol. The zero-order chi connectivity index (χ0) is 20.0. The maximum atomic E-state index is 12.7. The number of rotatable bonds is 7. The summed E-state index contributed by atoms with van der Waals surface area (Å²) in [7, 11) is 1.69. The molecule has 1 aromatic rings. The summed E-state index contributed by atoms with van der Waals surface area (Å²) >= 11 is 5.81. The SMILES string of the molecule is CC(NC(=O)c1ccc(Cl)cc1)C(=O)N1CCOC(CN(C)CC(=O)O)C1. The van der Waals surface area contributed by atoms with E-state index in [4.69, 9.17) is 21.4 Å².